The number of likely N-dealkylation sites (N-methyl/N-ethyl adjacent to an activating group) is 1. The van der Waals surface area contributed by atoms with Crippen LogP contribution in [0.2, 0.25) is 0 Å². The van der Waals surface area contributed by atoms with Crippen LogP contribution in [0.5, 0.6) is 0 Å². The molecule has 2 unspecified atom stereocenters. The van der Waals surface area contributed by atoms with E-state index < -0.39 is 25.1 Å². The van der Waals surface area contributed by atoms with E-state index in [0.717, 1.165) is 0 Å². The molecular formula is C9H17F4NO. The maximum atomic E-state index is 12.5. The van der Waals surface area contributed by atoms with Gasteiger partial charge in [0.25, 0.3) is 0 Å². The average Bonchev–Trinajstić information content (AvgIpc) is 2.14. The van der Waals surface area contributed by atoms with E-state index in [-0.39, 0.29) is 6.04 Å². The second-order valence-corrected chi connectivity index (χ2v) is 3.42. The van der Waals surface area contributed by atoms with Crippen molar-refractivity contribution in [1.29, 1.82) is 0 Å². The maximum Gasteiger partial charge on any atom is 0.330 e. The van der Waals surface area contributed by atoms with Crippen LogP contribution in [0.15, 0.2) is 0 Å². The van der Waals surface area contributed by atoms with Crippen molar-refractivity contribution in [2.45, 2.75) is 45.3 Å². The van der Waals surface area contributed by atoms with Crippen LogP contribution in [0.25, 0.3) is 0 Å². The first-order chi connectivity index (χ1) is 6.81. The van der Waals surface area contributed by atoms with Gasteiger partial charge in [-0.05, 0) is 20.4 Å². The molecule has 0 amide bonds. The van der Waals surface area contributed by atoms with Crippen molar-refractivity contribution in [3.05, 3.63) is 0 Å². The summed E-state index contributed by atoms with van der Waals surface area (Å²) < 4.78 is 53.1. The van der Waals surface area contributed by atoms with Crippen LogP contribution in [0, 0.1) is 0 Å². The molecule has 0 rings (SSSR count). The molecule has 0 aliphatic heterocycles. The van der Waals surface area contributed by atoms with Gasteiger partial charge in [0.1, 0.15) is 6.61 Å². The Kier molecular flexibility index (Phi) is 6.12. The predicted octanol–water partition coefficient (Wildman–Crippen LogP) is 2.29. The standard InChI is InChI=1S/C9H17F4NO/c1-4-14-6(2)7(3)15-5-9(12,13)8(10)11/h6-8,14H,4-5H2,1-3H3. The summed E-state index contributed by atoms with van der Waals surface area (Å²) in [5.74, 6) is -4.07. The summed E-state index contributed by atoms with van der Waals surface area (Å²) in [5, 5.41) is 2.95. The minimum atomic E-state index is -4.07. The van der Waals surface area contributed by atoms with Crippen LogP contribution in [-0.4, -0.2) is 37.6 Å². The Bertz CT molecular complexity index is 177. The fourth-order valence-corrected chi connectivity index (χ4v) is 0.938. The Morgan fingerprint density at radius 3 is 2.20 bits per heavy atom. The maximum absolute atomic E-state index is 12.5. The Balaban J connectivity index is 3.94. The predicted molar refractivity (Wildman–Crippen MR) is 49.5 cm³/mol. The first-order valence-corrected chi connectivity index (χ1v) is 4.82. The molecule has 0 aliphatic carbocycles. The molecule has 0 radical (unpaired) electrons. The lowest BCUT2D eigenvalue weighted by Crippen LogP contribution is -2.41. The Hall–Kier alpha value is -0.360. The van der Waals surface area contributed by atoms with Gasteiger partial charge >= 0.3 is 12.3 Å². The van der Waals surface area contributed by atoms with E-state index in [0.29, 0.717) is 6.54 Å². The molecule has 1 N–H and O–H groups in total. The van der Waals surface area contributed by atoms with E-state index in [1.54, 1.807) is 13.8 Å². The van der Waals surface area contributed by atoms with Crippen molar-refractivity contribution in [2.75, 3.05) is 13.2 Å². The van der Waals surface area contributed by atoms with Gasteiger partial charge in [0, 0.05) is 6.04 Å². The van der Waals surface area contributed by atoms with Crippen LogP contribution in [0.4, 0.5) is 17.6 Å². The molecule has 0 saturated heterocycles. The molecule has 2 nitrogen and oxygen atoms in total. The van der Waals surface area contributed by atoms with Crippen LogP contribution in [0.3, 0.4) is 0 Å². The van der Waals surface area contributed by atoms with Gasteiger partial charge in [0.15, 0.2) is 0 Å². The molecule has 0 aliphatic rings. The Labute approximate surface area is 87.0 Å². The van der Waals surface area contributed by atoms with Gasteiger partial charge < -0.3 is 10.1 Å². The van der Waals surface area contributed by atoms with Crippen molar-refractivity contribution in [3.8, 4) is 0 Å². The van der Waals surface area contributed by atoms with E-state index in [1.807, 2.05) is 6.92 Å². The summed E-state index contributed by atoms with van der Waals surface area (Å²) in [7, 11) is 0. The summed E-state index contributed by atoms with van der Waals surface area (Å²) >= 11 is 0. The molecule has 0 bridgehead atoms. The third-order valence-electron chi connectivity index (χ3n) is 2.09. The van der Waals surface area contributed by atoms with Gasteiger partial charge in [-0.1, -0.05) is 6.92 Å². The highest BCUT2D eigenvalue weighted by atomic mass is 19.3. The molecule has 0 saturated carbocycles. The molecule has 2 atom stereocenters. The number of hydrogen-bond acceptors (Lipinski definition) is 2. The Morgan fingerprint density at radius 1 is 1.27 bits per heavy atom. The van der Waals surface area contributed by atoms with Crippen molar-refractivity contribution in [1.82, 2.24) is 5.32 Å². The van der Waals surface area contributed by atoms with E-state index in [4.69, 9.17) is 0 Å². The number of nitrogens with one attached hydrogen (secondary N) is 1. The molecule has 0 heterocycles. The van der Waals surface area contributed by atoms with Gasteiger partial charge in [0.2, 0.25) is 0 Å². The summed E-state index contributed by atoms with van der Waals surface area (Å²) in [5.41, 5.74) is 0. The monoisotopic (exact) mass is 231 g/mol. The molecule has 15 heavy (non-hydrogen) atoms. The summed E-state index contributed by atoms with van der Waals surface area (Å²) in [6.07, 6.45) is -4.21. The van der Waals surface area contributed by atoms with Crippen molar-refractivity contribution < 1.29 is 22.3 Å². The number of ether oxygens (including phenoxy) is 1. The molecule has 6 heteroatoms. The van der Waals surface area contributed by atoms with Crippen LogP contribution >= 0.6 is 0 Å². The normalized spacial score (nSPS) is 16.8. The summed E-state index contributed by atoms with van der Waals surface area (Å²) in [4.78, 5) is 0. The largest absolute Gasteiger partial charge is 0.370 e. The highest BCUT2D eigenvalue weighted by Crippen LogP contribution is 2.23. The second-order valence-electron chi connectivity index (χ2n) is 3.42. The van der Waals surface area contributed by atoms with Crippen LogP contribution in [0.1, 0.15) is 20.8 Å². The van der Waals surface area contributed by atoms with E-state index in [9.17, 15) is 17.6 Å². The van der Waals surface area contributed by atoms with Crippen LogP contribution in [-0.2, 0) is 4.74 Å². The van der Waals surface area contributed by atoms with Gasteiger partial charge in [-0.25, -0.2) is 8.78 Å². The second kappa shape index (κ2) is 6.27. The number of alkyl halides is 4. The minimum Gasteiger partial charge on any atom is -0.370 e. The van der Waals surface area contributed by atoms with Crippen LogP contribution < -0.4 is 5.32 Å². The van der Waals surface area contributed by atoms with Crippen molar-refractivity contribution >= 4 is 0 Å². The average molecular weight is 231 g/mol. The molecule has 92 valence electrons. The number of halogens is 4. The third kappa shape index (κ3) is 5.32. The van der Waals surface area contributed by atoms with E-state index in [1.165, 1.54) is 0 Å². The zero-order chi connectivity index (χ0) is 12.1. The number of rotatable bonds is 7. The van der Waals surface area contributed by atoms with Gasteiger partial charge in [-0.2, -0.15) is 8.78 Å². The molecule has 0 fully saturated rings. The van der Waals surface area contributed by atoms with E-state index >= 15 is 0 Å². The van der Waals surface area contributed by atoms with Gasteiger partial charge in [-0.15, -0.1) is 0 Å². The fourth-order valence-electron chi connectivity index (χ4n) is 0.938. The lowest BCUT2D eigenvalue weighted by molar-refractivity contribution is -0.176. The highest BCUT2D eigenvalue weighted by molar-refractivity contribution is 4.72. The summed E-state index contributed by atoms with van der Waals surface area (Å²) in [6, 6.07) is -0.150. The zero-order valence-corrected chi connectivity index (χ0v) is 9.07. The lowest BCUT2D eigenvalue weighted by Gasteiger charge is -2.23. The molecule has 0 aromatic heterocycles. The molecule has 0 spiro atoms. The zero-order valence-electron chi connectivity index (χ0n) is 9.07. The fraction of sp³-hybridized carbons (Fsp3) is 1.00. The quantitative estimate of drug-likeness (QED) is 0.679. The summed E-state index contributed by atoms with van der Waals surface area (Å²) in [6.45, 7) is 4.59. The van der Waals surface area contributed by atoms with Gasteiger partial charge in [0.05, 0.1) is 6.10 Å². The van der Waals surface area contributed by atoms with Crippen molar-refractivity contribution in [2.24, 2.45) is 0 Å². The SMILES string of the molecule is CCNC(C)C(C)OCC(F)(F)C(F)F. The highest BCUT2D eigenvalue weighted by Gasteiger charge is 2.41. The number of hydrogen-bond donors (Lipinski definition) is 1. The van der Waals surface area contributed by atoms with E-state index in [2.05, 4.69) is 10.1 Å². The topological polar surface area (TPSA) is 21.3 Å². The van der Waals surface area contributed by atoms with Crippen molar-refractivity contribution in [3.63, 3.8) is 0 Å². The molecule has 0 aromatic carbocycles. The first-order valence-electron chi connectivity index (χ1n) is 4.82. The first kappa shape index (κ1) is 14.6. The molecular weight excluding hydrogens is 214 g/mol. The Morgan fingerprint density at radius 2 is 1.80 bits per heavy atom. The van der Waals surface area contributed by atoms with Gasteiger partial charge in [-0.3, -0.25) is 0 Å². The molecule has 0 aromatic rings. The minimum absolute atomic E-state index is 0.150. The lowest BCUT2D eigenvalue weighted by atomic mass is 10.2. The third-order valence-corrected chi connectivity index (χ3v) is 2.09. The smallest absolute Gasteiger partial charge is 0.330 e.